The molecular weight excluding hydrogens is 302 g/mol. The van der Waals surface area contributed by atoms with E-state index in [0.717, 1.165) is 38.2 Å². The van der Waals surface area contributed by atoms with Crippen molar-refractivity contribution in [3.8, 4) is 0 Å². The normalized spacial score (nSPS) is 17.4. The molecule has 2 rings (SSSR count). The molecule has 1 aliphatic heterocycles. The van der Waals surface area contributed by atoms with Crippen molar-refractivity contribution in [2.75, 3.05) is 24.6 Å². The molecule has 1 aromatic heterocycles. The molecule has 1 amide bonds. The second-order valence-electron chi connectivity index (χ2n) is 6.07. The third-order valence-electron chi connectivity index (χ3n) is 4.33. The number of rotatable bonds is 6. The molecule has 1 aromatic rings. The van der Waals surface area contributed by atoms with E-state index in [1.807, 2.05) is 13.8 Å². The number of nitrogens with zero attached hydrogens (tertiary/aromatic N) is 2. The van der Waals surface area contributed by atoms with Gasteiger partial charge in [0.2, 0.25) is 0 Å². The number of nitrogens with one attached hydrogen (secondary N) is 1. The second kappa shape index (κ2) is 7.29. The number of aliphatic hydroxyl groups excluding tert-OH is 1. The highest BCUT2D eigenvalue weighted by molar-refractivity contribution is 6.29. The van der Waals surface area contributed by atoms with E-state index in [2.05, 4.69) is 15.2 Å². The second-order valence-corrected chi connectivity index (χ2v) is 6.46. The molecule has 1 atom stereocenters. The molecule has 2 heterocycles. The number of amides is 1. The van der Waals surface area contributed by atoms with Crippen molar-refractivity contribution < 1.29 is 9.90 Å². The summed E-state index contributed by atoms with van der Waals surface area (Å²) in [6.07, 6.45) is 3.55. The molecule has 2 N–H and O–H groups in total. The third kappa shape index (κ3) is 4.11. The first kappa shape index (κ1) is 17.0. The van der Waals surface area contributed by atoms with Crippen LogP contribution in [0.4, 0.5) is 5.82 Å². The van der Waals surface area contributed by atoms with Crippen LogP contribution in [0.3, 0.4) is 0 Å². The van der Waals surface area contributed by atoms with E-state index in [1.165, 1.54) is 0 Å². The summed E-state index contributed by atoms with van der Waals surface area (Å²) in [6, 6.07) is 3.38. The molecule has 0 aromatic carbocycles. The highest BCUT2D eigenvalue weighted by Gasteiger charge is 2.25. The van der Waals surface area contributed by atoms with Crippen molar-refractivity contribution in [1.82, 2.24) is 10.3 Å². The zero-order chi connectivity index (χ0) is 16.2. The zero-order valence-electron chi connectivity index (χ0n) is 13.2. The van der Waals surface area contributed by atoms with E-state index in [9.17, 15) is 4.79 Å². The Labute approximate surface area is 136 Å². The van der Waals surface area contributed by atoms with Crippen LogP contribution in [0.15, 0.2) is 12.1 Å². The number of carbonyl (C=O) groups is 1. The highest BCUT2D eigenvalue weighted by atomic mass is 35.5. The third-order valence-corrected chi connectivity index (χ3v) is 4.53. The summed E-state index contributed by atoms with van der Waals surface area (Å²) in [5.74, 6) is 0.582. The summed E-state index contributed by atoms with van der Waals surface area (Å²) in [5.41, 5.74) is 0.0922. The van der Waals surface area contributed by atoms with Crippen LogP contribution in [-0.2, 0) is 0 Å². The molecule has 1 fully saturated rings. The molecule has 1 saturated heterocycles. The molecule has 122 valence electrons. The first-order valence-electron chi connectivity index (χ1n) is 7.83. The Morgan fingerprint density at radius 3 is 2.73 bits per heavy atom. The van der Waals surface area contributed by atoms with Crippen LogP contribution in [0.1, 0.15) is 49.9 Å². The van der Waals surface area contributed by atoms with Gasteiger partial charge >= 0.3 is 0 Å². The number of pyridine rings is 1. The van der Waals surface area contributed by atoms with Crippen molar-refractivity contribution in [1.29, 1.82) is 0 Å². The maximum absolute atomic E-state index is 12.5. The minimum atomic E-state index is -0.421. The molecule has 0 aliphatic carbocycles. The molecule has 5 nitrogen and oxygen atoms in total. The van der Waals surface area contributed by atoms with Crippen LogP contribution in [0.5, 0.6) is 0 Å². The maximum Gasteiger partial charge on any atom is 0.251 e. The van der Waals surface area contributed by atoms with Gasteiger partial charge in [-0.2, -0.15) is 0 Å². The molecule has 1 unspecified atom stereocenters. The predicted octanol–water partition coefficient (Wildman–Crippen LogP) is 2.62. The smallest absolute Gasteiger partial charge is 0.251 e. The van der Waals surface area contributed by atoms with E-state index in [4.69, 9.17) is 16.7 Å². The lowest BCUT2D eigenvalue weighted by molar-refractivity contribution is 0.0886. The molecule has 22 heavy (non-hydrogen) atoms. The van der Waals surface area contributed by atoms with Crippen molar-refractivity contribution in [3.63, 3.8) is 0 Å². The Balaban J connectivity index is 2.18. The van der Waals surface area contributed by atoms with Gasteiger partial charge in [-0.1, -0.05) is 18.5 Å². The Morgan fingerprint density at radius 2 is 2.14 bits per heavy atom. The predicted molar refractivity (Wildman–Crippen MR) is 88.6 cm³/mol. The summed E-state index contributed by atoms with van der Waals surface area (Å²) in [5, 5.41) is 12.5. The zero-order valence-corrected chi connectivity index (χ0v) is 14.0. The maximum atomic E-state index is 12.5. The van der Waals surface area contributed by atoms with Crippen molar-refractivity contribution >= 4 is 23.3 Å². The van der Waals surface area contributed by atoms with E-state index in [-0.39, 0.29) is 12.5 Å². The highest BCUT2D eigenvalue weighted by Crippen LogP contribution is 2.23. The number of anilines is 1. The lowest BCUT2D eigenvalue weighted by Gasteiger charge is -2.29. The summed E-state index contributed by atoms with van der Waals surface area (Å²) in [6.45, 7) is 5.87. The quantitative estimate of drug-likeness (QED) is 0.789. The Hall–Kier alpha value is -1.33. The molecule has 0 saturated carbocycles. The van der Waals surface area contributed by atoms with Gasteiger partial charge in [0.1, 0.15) is 11.0 Å². The molecule has 1 aliphatic rings. The van der Waals surface area contributed by atoms with Gasteiger partial charge in [0.05, 0.1) is 0 Å². The van der Waals surface area contributed by atoms with Crippen LogP contribution in [-0.4, -0.2) is 41.2 Å². The van der Waals surface area contributed by atoms with E-state index >= 15 is 0 Å². The molecule has 0 spiro atoms. The summed E-state index contributed by atoms with van der Waals surface area (Å²) in [4.78, 5) is 19.0. The number of hydrogen-bond donors (Lipinski definition) is 2. The van der Waals surface area contributed by atoms with E-state index < -0.39 is 5.54 Å². The van der Waals surface area contributed by atoms with E-state index in [0.29, 0.717) is 17.1 Å². The topological polar surface area (TPSA) is 65.5 Å². The number of carbonyl (C=O) groups excluding carboxylic acids is 1. The molecular formula is C16H24ClN3O2. The number of hydrogen-bond acceptors (Lipinski definition) is 4. The molecule has 0 bridgehead atoms. The average molecular weight is 326 g/mol. The van der Waals surface area contributed by atoms with Gasteiger partial charge in [-0.05, 0) is 44.7 Å². The van der Waals surface area contributed by atoms with Crippen LogP contribution in [0.2, 0.25) is 5.15 Å². The van der Waals surface area contributed by atoms with Gasteiger partial charge in [-0.15, -0.1) is 0 Å². The fraction of sp³-hybridized carbons (Fsp3) is 0.625. The molecule has 6 heteroatoms. The first-order chi connectivity index (χ1) is 10.5. The lowest BCUT2D eigenvalue weighted by atomic mass is 9.94. The number of aromatic nitrogens is 1. The monoisotopic (exact) mass is 325 g/mol. The summed E-state index contributed by atoms with van der Waals surface area (Å²) < 4.78 is 0. The standard InChI is InChI=1S/C16H24ClN3O2/c1-3-16(2,6-9-21)19-15(22)12-10-13(17)18-14(11-12)20-7-4-5-8-20/h10-11,21H,3-9H2,1-2H3,(H,19,22). The Morgan fingerprint density at radius 1 is 1.45 bits per heavy atom. The van der Waals surface area contributed by atoms with Gasteiger partial charge in [-0.25, -0.2) is 4.98 Å². The van der Waals surface area contributed by atoms with Crippen molar-refractivity contribution in [2.45, 2.75) is 45.1 Å². The Kier molecular flexibility index (Phi) is 5.64. The van der Waals surface area contributed by atoms with Gasteiger partial charge in [0.25, 0.3) is 5.91 Å². The first-order valence-corrected chi connectivity index (χ1v) is 8.21. The van der Waals surface area contributed by atoms with Crippen molar-refractivity contribution in [3.05, 3.63) is 22.8 Å². The largest absolute Gasteiger partial charge is 0.396 e. The molecule has 0 radical (unpaired) electrons. The van der Waals surface area contributed by atoms with Crippen LogP contribution in [0.25, 0.3) is 0 Å². The minimum Gasteiger partial charge on any atom is -0.396 e. The van der Waals surface area contributed by atoms with Gasteiger partial charge in [-0.3, -0.25) is 4.79 Å². The minimum absolute atomic E-state index is 0.0424. The number of aliphatic hydroxyl groups is 1. The number of halogens is 1. The SMILES string of the molecule is CCC(C)(CCO)NC(=O)c1cc(Cl)nc(N2CCCC2)c1. The fourth-order valence-electron chi connectivity index (χ4n) is 2.64. The van der Waals surface area contributed by atoms with E-state index in [1.54, 1.807) is 12.1 Å². The lowest BCUT2D eigenvalue weighted by Crippen LogP contribution is -2.46. The van der Waals surface area contributed by atoms with Gasteiger partial charge < -0.3 is 15.3 Å². The van der Waals surface area contributed by atoms with Crippen LogP contribution in [0, 0.1) is 0 Å². The summed E-state index contributed by atoms with van der Waals surface area (Å²) in [7, 11) is 0. The van der Waals surface area contributed by atoms with Gasteiger partial charge in [0, 0.05) is 30.8 Å². The Bertz CT molecular complexity index is 532. The van der Waals surface area contributed by atoms with Crippen LogP contribution >= 0.6 is 11.6 Å². The van der Waals surface area contributed by atoms with Crippen LogP contribution < -0.4 is 10.2 Å². The van der Waals surface area contributed by atoms with Gasteiger partial charge in [0.15, 0.2) is 0 Å². The fourth-order valence-corrected chi connectivity index (χ4v) is 2.85. The average Bonchev–Trinajstić information content (AvgIpc) is 3.01. The van der Waals surface area contributed by atoms with Crippen molar-refractivity contribution in [2.24, 2.45) is 0 Å². The summed E-state index contributed by atoms with van der Waals surface area (Å²) >= 11 is 6.08.